The van der Waals surface area contributed by atoms with E-state index >= 15 is 0 Å². The van der Waals surface area contributed by atoms with Gasteiger partial charge in [0.15, 0.2) is 0 Å². The zero-order valence-electron chi connectivity index (χ0n) is 4.39. The van der Waals surface area contributed by atoms with E-state index in [9.17, 15) is 0 Å². The van der Waals surface area contributed by atoms with Crippen LogP contribution in [0.3, 0.4) is 0 Å². The van der Waals surface area contributed by atoms with Gasteiger partial charge in [0, 0.05) is 5.57 Å². The highest BCUT2D eigenvalue weighted by Gasteiger charge is 1.94. The van der Waals surface area contributed by atoms with E-state index in [1.54, 1.807) is 18.2 Å². The molecule has 0 saturated heterocycles. The highest BCUT2D eigenvalue weighted by atomic mass is 16.3. The fourth-order valence-electron chi connectivity index (χ4n) is 0.457. The van der Waals surface area contributed by atoms with Crippen LogP contribution in [0.15, 0.2) is 41.9 Å². The first-order chi connectivity index (χ1) is 3.80. The van der Waals surface area contributed by atoms with Crippen molar-refractivity contribution >= 4 is 0 Å². The molecule has 0 aliphatic heterocycles. The summed E-state index contributed by atoms with van der Waals surface area (Å²) >= 11 is 0. The molecule has 1 N–H and O–H groups in total. The summed E-state index contributed by atoms with van der Waals surface area (Å²) in [5, 5.41) is 8.84. The van der Waals surface area contributed by atoms with Crippen molar-refractivity contribution < 1.29 is 5.11 Å². The Labute approximate surface area is 48.0 Å². The van der Waals surface area contributed by atoms with Crippen LogP contribution in [0.25, 0.3) is 0 Å². The van der Waals surface area contributed by atoms with E-state index in [1.165, 1.54) is 0 Å². The summed E-state index contributed by atoms with van der Waals surface area (Å²) in [6.45, 7) is 3.54. The van der Waals surface area contributed by atoms with E-state index in [1.807, 2.05) is 0 Å². The van der Waals surface area contributed by atoms with Gasteiger partial charge in [-0.3, -0.25) is 0 Å². The summed E-state index contributed by atoms with van der Waals surface area (Å²) in [4.78, 5) is 0. The zero-order valence-corrected chi connectivity index (χ0v) is 4.39. The van der Waals surface area contributed by atoms with Crippen molar-refractivity contribution in [2.24, 2.45) is 0 Å². The predicted octanol–water partition coefficient (Wildman–Crippen LogP) is 1.71. The third-order valence-electron chi connectivity index (χ3n) is 0.924. The molecule has 0 saturated carbocycles. The summed E-state index contributed by atoms with van der Waals surface area (Å²) < 4.78 is 0. The van der Waals surface area contributed by atoms with Gasteiger partial charge >= 0.3 is 0 Å². The van der Waals surface area contributed by atoms with Crippen LogP contribution >= 0.6 is 0 Å². The Morgan fingerprint density at radius 3 is 2.75 bits per heavy atom. The molecule has 8 heavy (non-hydrogen) atoms. The summed E-state index contributed by atoms with van der Waals surface area (Å²) in [6, 6.07) is 0. The number of hydrogen-bond acceptors (Lipinski definition) is 1. The predicted molar refractivity (Wildman–Crippen MR) is 32.5 cm³/mol. The molecule has 1 rings (SSSR count). The van der Waals surface area contributed by atoms with Crippen LogP contribution < -0.4 is 0 Å². The van der Waals surface area contributed by atoms with Crippen LogP contribution in [0.1, 0.15) is 0 Å². The van der Waals surface area contributed by atoms with E-state index in [2.05, 4.69) is 12.3 Å². The maximum Gasteiger partial charge on any atom is 0.123 e. The van der Waals surface area contributed by atoms with Gasteiger partial charge in [-0.1, -0.05) is 6.58 Å². The molecule has 0 radical (unpaired) electrons. The second-order valence-electron chi connectivity index (χ2n) is 1.55. The summed E-state index contributed by atoms with van der Waals surface area (Å²) in [5.74, 6) is 0.226. The zero-order chi connectivity index (χ0) is 5.98. The van der Waals surface area contributed by atoms with E-state index in [0.29, 0.717) is 5.57 Å². The summed E-state index contributed by atoms with van der Waals surface area (Å²) in [6.07, 6.45) is 4.84. The molecule has 0 unspecified atom stereocenters. The average molecular weight is 106 g/mol. The number of rotatable bonds is 0. The Bertz CT molecular complexity index is 202. The molecule has 0 spiro atoms. The van der Waals surface area contributed by atoms with E-state index in [4.69, 9.17) is 5.11 Å². The summed E-state index contributed by atoms with van der Waals surface area (Å²) in [5.41, 5.74) is 3.40. The molecule has 0 amide bonds. The molecule has 0 aromatic heterocycles. The molecule has 0 aromatic rings. The quantitative estimate of drug-likeness (QED) is 0.466. The SMILES string of the molecule is C=C1C=C=CC=C1O. The van der Waals surface area contributed by atoms with Gasteiger partial charge in [0.2, 0.25) is 0 Å². The van der Waals surface area contributed by atoms with Crippen LogP contribution in [0.2, 0.25) is 0 Å². The minimum absolute atomic E-state index is 0.226. The number of aliphatic hydroxyl groups excluding tert-OH is 1. The lowest BCUT2D eigenvalue weighted by molar-refractivity contribution is 0.426. The second kappa shape index (κ2) is 1.73. The molecular weight excluding hydrogens is 100 g/mol. The van der Waals surface area contributed by atoms with Gasteiger partial charge in [-0.05, 0) is 18.2 Å². The number of hydrogen-bond donors (Lipinski definition) is 1. The molecule has 1 nitrogen and oxygen atoms in total. The Morgan fingerprint density at radius 2 is 2.38 bits per heavy atom. The van der Waals surface area contributed by atoms with Crippen molar-refractivity contribution in [2.45, 2.75) is 0 Å². The normalized spacial score (nSPS) is 16.5. The minimum Gasteiger partial charge on any atom is -0.507 e. The van der Waals surface area contributed by atoms with Crippen LogP contribution in [0, 0.1) is 0 Å². The van der Waals surface area contributed by atoms with Gasteiger partial charge in [-0.15, -0.1) is 5.73 Å². The topological polar surface area (TPSA) is 20.2 Å². The highest BCUT2D eigenvalue weighted by Crippen LogP contribution is 2.07. The number of aliphatic hydroxyl groups is 1. The average Bonchev–Trinajstić information content (AvgIpc) is 1.77. The fourth-order valence-corrected chi connectivity index (χ4v) is 0.457. The second-order valence-corrected chi connectivity index (χ2v) is 1.55. The molecule has 0 bridgehead atoms. The van der Waals surface area contributed by atoms with Crippen LogP contribution in [0.5, 0.6) is 0 Å². The smallest absolute Gasteiger partial charge is 0.123 e. The van der Waals surface area contributed by atoms with Gasteiger partial charge < -0.3 is 5.11 Å². The highest BCUT2D eigenvalue weighted by molar-refractivity contribution is 5.37. The maximum atomic E-state index is 8.84. The van der Waals surface area contributed by atoms with Gasteiger partial charge in [0.25, 0.3) is 0 Å². The first kappa shape index (κ1) is 4.95. The van der Waals surface area contributed by atoms with Crippen molar-refractivity contribution in [1.82, 2.24) is 0 Å². The fraction of sp³-hybridized carbons (Fsp3) is 0. The Balaban J connectivity index is 3.03. The molecule has 0 fully saturated rings. The van der Waals surface area contributed by atoms with Crippen molar-refractivity contribution in [3.05, 3.63) is 41.9 Å². The van der Waals surface area contributed by atoms with E-state index < -0.39 is 0 Å². The molecule has 1 heteroatoms. The lowest BCUT2D eigenvalue weighted by atomic mass is 10.2. The van der Waals surface area contributed by atoms with Crippen molar-refractivity contribution in [3.63, 3.8) is 0 Å². The molecule has 1 aliphatic carbocycles. The maximum absolute atomic E-state index is 8.84. The lowest BCUT2D eigenvalue weighted by Crippen LogP contribution is -1.82. The molecular formula is C7H6O. The number of allylic oxidation sites excluding steroid dienone is 2. The third-order valence-corrected chi connectivity index (χ3v) is 0.924. The van der Waals surface area contributed by atoms with Crippen LogP contribution in [-0.4, -0.2) is 5.11 Å². The van der Waals surface area contributed by atoms with Crippen molar-refractivity contribution in [1.29, 1.82) is 0 Å². The van der Waals surface area contributed by atoms with Gasteiger partial charge in [-0.25, -0.2) is 0 Å². The van der Waals surface area contributed by atoms with Crippen molar-refractivity contribution in [3.8, 4) is 0 Å². The monoisotopic (exact) mass is 106 g/mol. The molecule has 1 aliphatic rings. The van der Waals surface area contributed by atoms with Gasteiger partial charge in [0.1, 0.15) is 5.76 Å². The van der Waals surface area contributed by atoms with Crippen molar-refractivity contribution in [2.75, 3.05) is 0 Å². The summed E-state index contributed by atoms with van der Waals surface area (Å²) in [7, 11) is 0. The van der Waals surface area contributed by atoms with Gasteiger partial charge in [-0.2, -0.15) is 0 Å². The first-order valence-electron chi connectivity index (χ1n) is 2.32. The standard InChI is InChI=1S/C7H6O/c1-6-4-2-3-5-7(6)8/h3-5,8H,1H2. The molecule has 40 valence electrons. The van der Waals surface area contributed by atoms with Crippen LogP contribution in [-0.2, 0) is 0 Å². The Morgan fingerprint density at radius 1 is 1.62 bits per heavy atom. The Kier molecular flexibility index (Phi) is 1.07. The van der Waals surface area contributed by atoms with E-state index in [-0.39, 0.29) is 5.76 Å². The molecule has 0 atom stereocenters. The lowest BCUT2D eigenvalue weighted by Gasteiger charge is -1.96. The first-order valence-corrected chi connectivity index (χ1v) is 2.32. The Hall–Kier alpha value is -1.20. The largest absolute Gasteiger partial charge is 0.507 e. The molecule has 0 aromatic carbocycles. The molecule has 0 heterocycles. The van der Waals surface area contributed by atoms with Crippen LogP contribution in [0.4, 0.5) is 0 Å². The minimum atomic E-state index is 0.226. The van der Waals surface area contributed by atoms with E-state index in [0.717, 1.165) is 0 Å². The van der Waals surface area contributed by atoms with Gasteiger partial charge in [0.05, 0.1) is 0 Å². The third kappa shape index (κ3) is 0.722.